The largest absolute Gasteiger partial charge is 0.378 e. The van der Waals surface area contributed by atoms with Crippen molar-refractivity contribution in [2.75, 3.05) is 26.3 Å². The molecule has 1 fully saturated rings. The van der Waals surface area contributed by atoms with Crippen LogP contribution in [0.2, 0.25) is 0 Å². The van der Waals surface area contributed by atoms with Crippen molar-refractivity contribution < 1.29 is 9.53 Å². The van der Waals surface area contributed by atoms with Crippen LogP contribution in [0.15, 0.2) is 11.6 Å². The average Bonchev–Trinajstić information content (AvgIpc) is 2.31. The van der Waals surface area contributed by atoms with Gasteiger partial charge in [-0.1, -0.05) is 11.6 Å². The maximum absolute atomic E-state index is 11.9. The molecule has 1 aliphatic heterocycles. The lowest BCUT2D eigenvalue weighted by Crippen LogP contribution is -2.40. The zero-order valence-corrected chi connectivity index (χ0v) is 9.21. The van der Waals surface area contributed by atoms with Crippen LogP contribution in [0.3, 0.4) is 0 Å². The van der Waals surface area contributed by atoms with E-state index >= 15 is 0 Å². The molecule has 3 heteroatoms. The Bertz CT molecular complexity index is 254. The van der Waals surface area contributed by atoms with Gasteiger partial charge < -0.3 is 9.64 Å². The predicted octanol–water partition coefficient (Wildman–Crippen LogP) is 1.74. The molecule has 0 N–H and O–H groups in total. The van der Waals surface area contributed by atoms with Crippen LogP contribution in [-0.2, 0) is 9.53 Å². The summed E-state index contributed by atoms with van der Waals surface area (Å²) in [5.41, 5.74) is 1.35. The lowest BCUT2D eigenvalue weighted by molar-refractivity contribution is -0.134. The van der Waals surface area contributed by atoms with E-state index in [2.05, 4.69) is 6.08 Å². The lowest BCUT2D eigenvalue weighted by Gasteiger charge is -2.27. The molecule has 0 unspecified atom stereocenters. The summed E-state index contributed by atoms with van der Waals surface area (Å²) < 4.78 is 5.23. The molecule has 84 valence electrons. The van der Waals surface area contributed by atoms with E-state index in [0.717, 1.165) is 25.9 Å². The van der Waals surface area contributed by atoms with Gasteiger partial charge in [-0.3, -0.25) is 4.79 Å². The van der Waals surface area contributed by atoms with Crippen molar-refractivity contribution in [3.05, 3.63) is 11.6 Å². The van der Waals surface area contributed by atoms with E-state index in [9.17, 15) is 4.79 Å². The number of nitrogens with zero attached hydrogens (tertiary/aromatic N) is 1. The molecule has 0 saturated carbocycles. The standard InChI is InChI=1S/C12H19NO2/c14-12(13-6-8-15-9-7-13)10-11-4-2-1-3-5-11/h4H,1-3,5-10H2. The van der Waals surface area contributed by atoms with Crippen LogP contribution in [0.5, 0.6) is 0 Å². The van der Waals surface area contributed by atoms with E-state index in [-0.39, 0.29) is 5.91 Å². The van der Waals surface area contributed by atoms with Gasteiger partial charge in [0.1, 0.15) is 0 Å². The summed E-state index contributed by atoms with van der Waals surface area (Å²) >= 11 is 0. The highest BCUT2D eigenvalue weighted by molar-refractivity contribution is 5.78. The summed E-state index contributed by atoms with van der Waals surface area (Å²) in [6.45, 7) is 2.94. The van der Waals surface area contributed by atoms with Crippen molar-refractivity contribution in [3.8, 4) is 0 Å². The van der Waals surface area contributed by atoms with Crippen molar-refractivity contribution in [2.24, 2.45) is 0 Å². The Hall–Kier alpha value is -0.830. The lowest BCUT2D eigenvalue weighted by atomic mass is 9.97. The number of morpholine rings is 1. The molecule has 0 radical (unpaired) electrons. The zero-order valence-electron chi connectivity index (χ0n) is 9.21. The molecule has 1 saturated heterocycles. The third kappa shape index (κ3) is 3.06. The fourth-order valence-corrected chi connectivity index (χ4v) is 2.18. The van der Waals surface area contributed by atoms with Gasteiger partial charge in [-0.15, -0.1) is 0 Å². The van der Waals surface area contributed by atoms with Crippen LogP contribution >= 0.6 is 0 Å². The SMILES string of the molecule is O=C(CC1=CCCCC1)N1CCOCC1. The van der Waals surface area contributed by atoms with Crippen molar-refractivity contribution >= 4 is 5.91 Å². The number of carbonyl (C=O) groups excluding carboxylic acids is 1. The molecule has 2 aliphatic rings. The van der Waals surface area contributed by atoms with E-state index in [1.807, 2.05) is 4.90 Å². The molecular weight excluding hydrogens is 190 g/mol. The fourth-order valence-electron chi connectivity index (χ4n) is 2.18. The Balaban J connectivity index is 1.82. The number of amides is 1. The maximum Gasteiger partial charge on any atom is 0.226 e. The fraction of sp³-hybridized carbons (Fsp3) is 0.750. The summed E-state index contributed by atoms with van der Waals surface area (Å²) in [5, 5.41) is 0. The zero-order chi connectivity index (χ0) is 10.5. The van der Waals surface area contributed by atoms with E-state index in [0.29, 0.717) is 19.6 Å². The third-order valence-corrected chi connectivity index (χ3v) is 3.13. The van der Waals surface area contributed by atoms with Crippen molar-refractivity contribution in [1.29, 1.82) is 0 Å². The average molecular weight is 209 g/mol. The monoisotopic (exact) mass is 209 g/mol. The first kappa shape index (κ1) is 10.7. The van der Waals surface area contributed by atoms with Crippen LogP contribution in [0, 0.1) is 0 Å². The molecular formula is C12H19NO2. The summed E-state index contributed by atoms with van der Waals surface area (Å²) in [5.74, 6) is 0.284. The van der Waals surface area contributed by atoms with Crippen LogP contribution in [0.25, 0.3) is 0 Å². The highest BCUT2D eigenvalue weighted by Crippen LogP contribution is 2.20. The first-order valence-electron chi connectivity index (χ1n) is 5.90. The Morgan fingerprint density at radius 3 is 2.80 bits per heavy atom. The first-order chi connectivity index (χ1) is 7.36. The maximum atomic E-state index is 11.9. The van der Waals surface area contributed by atoms with Crippen LogP contribution in [0.1, 0.15) is 32.1 Å². The van der Waals surface area contributed by atoms with Gasteiger partial charge in [0.2, 0.25) is 5.91 Å². The molecule has 0 atom stereocenters. The molecule has 1 aliphatic carbocycles. The minimum absolute atomic E-state index is 0.284. The minimum atomic E-state index is 0.284. The molecule has 0 bridgehead atoms. The van der Waals surface area contributed by atoms with Gasteiger partial charge in [-0.25, -0.2) is 0 Å². The van der Waals surface area contributed by atoms with Gasteiger partial charge >= 0.3 is 0 Å². The highest BCUT2D eigenvalue weighted by Gasteiger charge is 2.18. The van der Waals surface area contributed by atoms with Gasteiger partial charge in [-0.2, -0.15) is 0 Å². The van der Waals surface area contributed by atoms with E-state index in [1.165, 1.54) is 18.4 Å². The second-order valence-corrected chi connectivity index (χ2v) is 4.28. The van der Waals surface area contributed by atoms with Gasteiger partial charge in [0.05, 0.1) is 13.2 Å². The smallest absolute Gasteiger partial charge is 0.226 e. The Morgan fingerprint density at radius 2 is 2.13 bits per heavy atom. The predicted molar refractivity (Wildman–Crippen MR) is 58.6 cm³/mol. The topological polar surface area (TPSA) is 29.5 Å². The van der Waals surface area contributed by atoms with Crippen molar-refractivity contribution in [2.45, 2.75) is 32.1 Å². The number of rotatable bonds is 2. The summed E-state index contributed by atoms with van der Waals surface area (Å²) in [6.07, 6.45) is 7.71. The van der Waals surface area contributed by atoms with E-state index in [1.54, 1.807) is 0 Å². The molecule has 0 spiro atoms. The van der Waals surface area contributed by atoms with Gasteiger partial charge in [0.15, 0.2) is 0 Å². The summed E-state index contributed by atoms with van der Waals surface area (Å²) in [7, 11) is 0. The molecule has 0 aromatic rings. The van der Waals surface area contributed by atoms with E-state index in [4.69, 9.17) is 4.74 Å². The first-order valence-corrected chi connectivity index (χ1v) is 5.90. The normalized spacial score (nSPS) is 22.4. The number of allylic oxidation sites excluding steroid dienone is 1. The van der Waals surface area contributed by atoms with Crippen molar-refractivity contribution in [3.63, 3.8) is 0 Å². The molecule has 3 nitrogen and oxygen atoms in total. The number of ether oxygens (including phenoxy) is 1. The minimum Gasteiger partial charge on any atom is -0.378 e. The van der Waals surface area contributed by atoms with E-state index < -0.39 is 0 Å². The van der Waals surface area contributed by atoms with Crippen LogP contribution < -0.4 is 0 Å². The molecule has 15 heavy (non-hydrogen) atoms. The Morgan fingerprint density at radius 1 is 1.33 bits per heavy atom. The van der Waals surface area contributed by atoms with Crippen molar-refractivity contribution in [1.82, 2.24) is 4.90 Å². The quantitative estimate of drug-likeness (QED) is 0.648. The van der Waals surface area contributed by atoms with Crippen LogP contribution in [-0.4, -0.2) is 37.1 Å². The molecule has 1 amide bonds. The van der Waals surface area contributed by atoms with Crippen LogP contribution in [0.4, 0.5) is 0 Å². The molecule has 2 rings (SSSR count). The number of hydrogen-bond donors (Lipinski definition) is 0. The Kier molecular flexibility index (Phi) is 3.78. The van der Waals surface area contributed by atoms with Gasteiger partial charge in [0.25, 0.3) is 0 Å². The second kappa shape index (κ2) is 5.31. The Labute approximate surface area is 91.1 Å². The second-order valence-electron chi connectivity index (χ2n) is 4.28. The summed E-state index contributed by atoms with van der Waals surface area (Å²) in [4.78, 5) is 13.8. The molecule has 0 aromatic carbocycles. The third-order valence-electron chi connectivity index (χ3n) is 3.13. The summed E-state index contributed by atoms with van der Waals surface area (Å²) in [6, 6.07) is 0. The van der Waals surface area contributed by atoms with Gasteiger partial charge in [-0.05, 0) is 25.7 Å². The van der Waals surface area contributed by atoms with Gasteiger partial charge in [0, 0.05) is 19.5 Å². The number of carbonyl (C=O) groups is 1. The molecule has 0 aromatic heterocycles. The molecule has 1 heterocycles. The number of hydrogen-bond acceptors (Lipinski definition) is 2. The highest BCUT2D eigenvalue weighted by atomic mass is 16.5.